The molecule has 3 nitrogen and oxygen atoms in total. The van der Waals surface area contributed by atoms with Crippen molar-refractivity contribution in [2.24, 2.45) is 11.7 Å². The molecule has 1 aliphatic rings. The average Bonchev–Trinajstić information content (AvgIpc) is 2.61. The molecule has 1 atom stereocenters. The van der Waals surface area contributed by atoms with Crippen molar-refractivity contribution in [3.8, 4) is 0 Å². The average molecular weight is 211 g/mol. The first-order chi connectivity index (χ1) is 7.22. The van der Waals surface area contributed by atoms with Crippen molar-refractivity contribution < 1.29 is 0 Å². The Morgan fingerprint density at radius 3 is 2.93 bits per heavy atom. The van der Waals surface area contributed by atoms with Gasteiger partial charge in [-0.05, 0) is 44.7 Å². The molecule has 0 radical (unpaired) electrons. The maximum Gasteiger partial charge on any atom is 0.0905 e. The largest absolute Gasteiger partial charge is 0.388 e. The summed E-state index contributed by atoms with van der Waals surface area (Å²) in [6.45, 7) is 6.06. The van der Waals surface area contributed by atoms with Gasteiger partial charge in [0.25, 0.3) is 0 Å². The predicted octanol–water partition coefficient (Wildman–Crippen LogP) is 2.21. The molecule has 88 valence electrons. The molecule has 1 fully saturated rings. The van der Waals surface area contributed by atoms with Crippen LogP contribution in [-0.2, 0) is 0 Å². The second-order valence-corrected chi connectivity index (χ2v) is 4.73. The number of likely N-dealkylation sites (tertiary alicyclic amines) is 1. The van der Waals surface area contributed by atoms with Crippen LogP contribution in [-0.4, -0.2) is 30.4 Å². The van der Waals surface area contributed by atoms with Crippen molar-refractivity contribution in [2.75, 3.05) is 19.6 Å². The van der Waals surface area contributed by atoms with Crippen LogP contribution in [0.15, 0.2) is 0 Å². The maximum atomic E-state index is 7.13. The summed E-state index contributed by atoms with van der Waals surface area (Å²) in [4.78, 5) is 2.57. The number of nitrogens with two attached hydrogens (primary N) is 1. The first-order valence-electron chi connectivity index (χ1n) is 6.27. The SMILES string of the molecule is CCCC1CCN(CCCCC(=N)N)C1. The van der Waals surface area contributed by atoms with E-state index in [1.807, 2.05) is 0 Å². The van der Waals surface area contributed by atoms with Crippen LogP contribution in [0.5, 0.6) is 0 Å². The number of hydrogen-bond acceptors (Lipinski definition) is 2. The number of rotatable bonds is 7. The molecule has 3 heteroatoms. The summed E-state index contributed by atoms with van der Waals surface area (Å²) in [5.41, 5.74) is 5.32. The first-order valence-corrected chi connectivity index (χ1v) is 6.27. The first kappa shape index (κ1) is 12.5. The lowest BCUT2D eigenvalue weighted by molar-refractivity contribution is 0.313. The molecule has 1 aliphatic heterocycles. The third kappa shape index (κ3) is 5.17. The quantitative estimate of drug-likeness (QED) is 0.385. The molecular formula is C12H25N3. The minimum atomic E-state index is 0.334. The number of nitrogens with one attached hydrogen (secondary N) is 1. The molecule has 0 spiro atoms. The van der Waals surface area contributed by atoms with Gasteiger partial charge in [-0.3, -0.25) is 5.41 Å². The second kappa shape index (κ2) is 6.83. The van der Waals surface area contributed by atoms with Gasteiger partial charge in [0.1, 0.15) is 0 Å². The molecule has 0 aromatic carbocycles. The number of amidine groups is 1. The van der Waals surface area contributed by atoms with E-state index in [9.17, 15) is 0 Å². The highest BCUT2D eigenvalue weighted by Crippen LogP contribution is 2.20. The molecule has 0 aromatic rings. The molecule has 0 bridgehead atoms. The Kier molecular flexibility index (Phi) is 5.69. The Labute approximate surface area is 93.5 Å². The summed E-state index contributed by atoms with van der Waals surface area (Å²) in [6, 6.07) is 0. The second-order valence-electron chi connectivity index (χ2n) is 4.73. The summed E-state index contributed by atoms with van der Waals surface area (Å²) in [7, 11) is 0. The zero-order chi connectivity index (χ0) is 11.1. The molecular weight excluding hydrogens is 186 g/mol. The zero-order valence-corrected chi connectivity index (χ0v) is 9.97. The van der Waals surface area contributed by atoms with Crippen LogP contribution in [0, 0.1) is 11.3 Å². The van der Waals surface area contributed by atoms with Crippen molar-refractivity contribution in [3.05, 3.63) is 0 Å². The summed E-state index contributed by atoms with van der Waals surface area (Å²) < 4.78 is 0. The number of unbranched alkanes of at least 4 members (excludes halogenated alkanes) is 1. The van der Waals surface area contributed by atoms with Crippen LogP contribution in [0.4, 0.5) is 0 Å². The summed E-state index contributed by atoms with van der Waals surface area (Å²) in [5, 5.41) is 7.13. The summed E-state index contributed by atoms with van der Waals surface area (Å²) in [6.07, 6.45) is 7.14. The Bertz CT molecular complexity index is 191. The Morgan fingerprint density at radius 2 is 2.27 bits per heavy atom. The van der Waals surface area contributed by atoms with E-state index in [2.05, 4.69) is 11.8 Å². The third-order valence-electron chi connectivity index (χ3n) is 3.24. The molecule has 1 heterocycles. The fourth-order valence-electron chi connectivity index (χ4n) is 2.41. The molecule has 3 N–H and O–H groups in total. The van der Waals surface area contributed by atoms with Gasteiger partial charge in [0.05, 0.1) is 5.84 Å². The minimum Gasteiger partial charge on any atom is -0.388 e. The molecule has 0 amide bonds. The Hall–Kier alpha value is -0.570. The van der Waals surface area contributed by atoms with Gasteiger partial charge in [-0.1, -0.05) is 13.3 Å². The standard InChI is InChI=1S/C12H25N3/c1-2-5-11-7-9-15(10-11)8-4-3-6-12(13)14/h11H,2-10H2,1H3,(H3,13,14). The van der Waals surface area contributed by atoms with Crippen LogP contribution in [0.1, 0.15) is 45.4 Å². The van der Waals surface area contributed by atoms with Gasteiger partial charge < -0.3 is 10.6 Å². The van der Waals surface area contributed by atoms with Gasteiger partial charge in [0, 0.05) is 13.0 Å². The third-order valence-corrected chi connectivity index (χ3v) is 3.24. The van der Waals surface area contributed by atoms with E-state index >= 15 is 0 Å². The molecule has 1 rings (SSSR count). The fraction of sp³-hybridized carbons (Fsp3) is 0.917. The van der Waals surface area contributed by atoms with Crippen molar-refractivity contribution in [3.63, 3.8) is 0 Å². The zero-order valence-electron chi connectivity index (χ0n) is 9.97. The molecule has 0 saturated carbocycles. The molecule has 0 aromatic heterocycles. The maximum absolute atomic E-state index is 7.13. The van der Waals surface area contributed by atoms with Crippen LogP contribution >= 0.6 is 0 Å². The van der Waals surface area contributed by atoms with E-state index in [0.29, 0.717) is 5.84 Å². The topological polar surface area (TPSA) is 53.1 Å². The van der Waals surface area contributed by atoms with Gasteiger partial charge in [0.15, 0.2) is 0 Å². The van der Waals surface area contributed by atoms with Gasteiger partial charge in [-0.15, -0.1) is 0 Å². The van der Waals surface area contributed by atoms with E-state index in [0.717, 1.165) is 18.8 Å². The minimum absolute atomic E-state index is 0.334. The lowest BCUT2D eigenvalue weighted by Crippen LogP contribution is -2.22. The van der Waals surface area contributed by atoms with Gasteiger partial charge in [0.2, 0.25) is 0 Å². The van der Waals surface area contributed by atoms with E-state index in [4.69, 9.17) is 11.1 Å². The molecule has 0 aliphatic carbocycles. The van der Waals surface area contributed by atoms with E-state index in [1.54, 1.807) is 0 Å². The number of hydrogen-bond donors (Lipinski definition) is 2. The van der Waals surface area contributed by atoms with Gasteiger partial charge in [-0.25, -0.2) is 0 Å². The van der Waals surface area contributed by atoms with Gasteiger partial charge >= 0.3 is 0 Å². The summed E-state index contributed by atoms with van der Waals surface area (Å²) in [5.74, 6) is 1.28. The molecule has 1 saturated heterocycles. The Morgan fingerprint density at radius 1 is 1.47 bits per heavy atom. The van der Waals surface area contributed by atoms with Crippen LogP contribution in [0.3, 0.4) is 0 Å². The van der Waals surface area contributed by atoms with Crippen LogP contribution in [0.25, 0.3) is 0 Å². The monoisotopic (exact) mass is 211 g/mol. The van der Waals surface area contributed by atoms with E-state index in [-0.39, 0.29) is 0 Å². The van der Waals surface area contributed by atoms with Gasteiger partial charge in [-0.2, -0.15) is 0 Å². The van der Waals surface area contributed by atoms with E-state index in [1.165, 1.54) is 45.3 Å². The number of nitrogens with zero attached hydrogens (tertiary/aromatic N) is 1. The lowest BCUT2D eigenvalue weighted by atomic mass is 10.0. The molecule has 1 unspecified atom stereocenters. The predicted molar refractivity (Wildman–Crippen MR) is 65.2 cm³/mol. The van der Waals surface area contributed by atoms with Crippen molar-refractivity contribution in [2.45, 2.75) is 45.4 Å². The molecule has 15 heavy (non-hydrogen) atoms. The van der Waals surface area contributed by atoms with Crippen molar-refractivity contribution in [1.29, 1.82) is 5.41 Å². The van der Waals surface area contributed by atoms with Crippen molar-refractivity contribution >= 4 is 5.84 Å². The lowest BCUT2D eigenvalue weighted by Gasteiger charge is -2.15. The Balaban J connectivity index is 2.01. The van der Waals surface area contributed by atoms with E-state index < -0.39 is 0 Å². The highest BCUT2D eigenvalue weighted by Gasteiger charge is 2.20. The smallest absolute Gasteiger partial charge is 0.0905 e. The highest BCUT2D eigenvalue weighted by molar-refractivity contribution is 5.76. The fourth-order valence-corrected chi connectivity index (χ4v) is 2.41. The normalized spacial score (nSPS) is 22.1. The van der Waals surface area contributed by atoms with Crippen LogP contribution < -0.4 is 5.73 Å². The van der Waals surface area contributed by atoms with Crippen LogP contribution in [0.2, 0.25) is 0 Å². The highest BCUT2D eigenvalue weighted by atomic mass is 15.1. The van der Waals surface area contributed by atoms with Crippen molar-refractivity contribution in [1.82, 2.24) is 4.90 Å². The summed E-state index contributed by atoms with van der Waals surface area (Å²) >= 11 is 0.